The van der Waals surface area contributed by atoms with Crippen molar-refractivity contribution < 1.29 is 0 Å². The first kappa shape index (κ1) is 24.1. The Bertz CT molecular complexity index is 1290. The van der Waals surface area contributed by atoms with Gasteiger partial charge in [-0.2, -0.15) is 0 Å². The van der Waals surface area contributed by atoms with Gasteiger partial charge < -0.3 is 20.1 Å². The molecule has 2 N–H and O–H groups in total. The Hall–Kier alpha value is -3.64. The third kappa shape index (κ3) is 5.14. The summed E-state index contributed by atoms with van der Waals surface area (Å²) in [6, 6.07) is 29.5. The lowest BCUT2D eigenvalue weighted by atomic mass is 9.96. The molecule has 5 rings (SSSR count). The van der Waals surface area contributed by atoms with Gasteiger partial charge in [0.05, 0.1) is 17.8 Å². The summed E-state index contributed by atoms with van der Waals surface area (Å²) >= 11 is 5.89. The molecule has 1 aliphatic rings. The fourth-order valence-corrected chi connectivity index (χ4v) is 5.49. The molecule has 184 valence electrons. The van der Waals surface area contributed by atoms with Gasteiger partial charge in [0.25, 0.3) is 0 Å². The molecular weight excluding hydrogens is 462 g/mol. The lowest BCUT2D eigenvalue weighted by molar-refractivity contribution is 0.315. The molecule has 36 heavy (non-hydrogen) atoms. The lowest BCUT2D eigenvalue weighted by Gasteiger charge is -2.28. The molecule has 0 aliphatic carbocycles. The molecule has 2 aromatic heterocycles. The molecule has 5 nitrogen and oxygen atoms in total. The van der Waals surface area contributed by atoms with Crippen LogP contribution in [0.5, 0.6) is 0 Å². The van der Waals surface area contributed by atoms with E-state index in [1.807, 2.05) is 18.3 Å². The van der Waals surface area contributed by atoms with E-state index in [0.717, 1.165) is 42.5 Å². The Kier molecular flexibility index (Phi) is 7.33. The van der Waals surface area contributed by atoms with Crippen LogP contribution in [0.1, 0.15) is 46.7 Å². The van der Waals surface area contributed by atoms with Gasteiger partial charge in [0.2, 0.25) is 0 Å². The average molecular weight is 496 g/mol. The highest BCUT2D eigenvalue weighted by Crippen LogP contribution is 2.41. The van der Waals surface area contributed by atoms with Crippen LogP contribution in [0.4, 0.5) is 5.69 Å². The fraction of sp³-hybridized carbons (Fsp3) is 0.267. The van der Waals surface area contributed by atoms with Crippen molar-refractivity contribution in [3.63, 3.8) is 0 Å². The number of benzene rings is 2. The summed E-state index contributed by atoms with van der Waals surface area (Å²) in [6.07, 6.45) is 2.84. The van der Waals surface area contributed by atoms with Crippen molar-refractivity contribution in [1.82, 2.24) is 19.8 Å². The SMILES string of the molecule is Cc1cc([C@H]2[C@H](c3ccccn3)NC(=S)N2CCCNc2ccccc2)c(C)n1Cc1ccccc1. The summed E-state index contributed by atoms with van der Waals surface area (Å²) < 4.78 is 2.41. The Morgan fingerprint density at radius 1 is 0.944 bits per heavy atom. The maximum absolute atomic E-state index is 5.89. The number of anilines is 1. The highest BCUT2D eigenvalue weighted by Gasteiger charge is 2.41. The molecule has 6 heteroatoms. The predicted octanol–water partition coefficient (Wildman–Crippen LogP) is 6.02. The van der Waals surface area contributed by atoms with Crippen molar-refractivity contribution in [3.05, 3.63) is 119 Å². The topological polar surface area (TPSA) is 45.1 Å². The van der Waals surface area contributed by atoms with Gasteiger partial charge >= 0.3 is 0 Å². The number of nitrogens with zero attached hydrogens (tertiary/aromatic N) is 3. The second kappa shape index (κ2) is 11.0. The van der Waals surface area contributed by atoms with E-state index >= 15 is 0 Å². The quantitative estimate of drug-likeness (QED) is 0.220. The molecule has 0 amide bonds. The largest absolute Gasteiger partial charge is 0.385 e. The number of aromatic nitrogens is 2. The molecule has 1 saturated heterocycles. The molecule has 0 bridgehead atoms. The van der Waals surface area contributed by atoms with Crippen LogP contribution in [0.25, 0.3) is 0 Å². The van der Waals surface area contributed by atoms with Crippen LogP contribution >= 0.6 is 12.2 Å². The van der Waals surface area contributed by atoms with Gasteiger partial charge in [-0.25, -0.2) is 0 Å². The van der Waals surface area contributed by atoms with Crippen molar-refractivity contribution in [2.24, 2.45) is 0 Å². The monoisotopic (exact) mass is 495 g/mol. The van der Waals surface area contributed by atoms with Gasteiger partial charge in [-0.1, -0.05) is 54.6 Å². The predicted molar refractivity (Wildman–Crippen MR) is 151 cm³/mol. The maximum Gasteiger partial charge on any atom is 0.170 e. The van der Waals surface area contributed by atoms with Crippen LogP contribution in [0.15, 0.2) is 91.1 Å². The van der Waals surface area contributed by atoms with Crippen LogP contribution in [-0.4, -0.2) is 32.7 Å². The summed E-state index contributed by atoms with van der Waals surface area (Å²) in [5, 5.41) is 7.92. The van der Waals surface area contributed by atoms with E-state index in [2.05, 4.69) is 107 Å². The summed E-state index contributed by atoms with van der Waals surface area (Å²) in [5.41, 5.74) is 7.31. The third-order valence-electron chi connectivity index (χ3n) is 6.99. The van der Waals surface area contributed by atoms with Crippen LogP contribution in [0.3, 0.4) is 0 Å². The molecular formula is C30H33N5S. The van der Waals surface area contributed by atoms with Gasteiger partial charge in [0.15, 0.2) is 5.11 Å². The molecule has 2 atom stereocenters. The van der Waals surface area contributed by atoms with Gasteiger partial charge in [0.1, 0.15) is 0 Å². The van der Waals surface area contributed by atoms with Crippen LogP contribution in [-0.2, 0) is 6.54 Å². The molecule has 4 aromatic rings. The maximum atomic E-state index is 5.89. The first-order chi connectivity index (χ1) is 17.6. The highest BCUT2D eigenvalue weighted by atomic mass is 32.1. The molecule has 2 aromatic carbocycles. The van der Waals surface area contributed by atoms with E-state index in [1.54, 1.807) is 0 Å². The molecule has 0 unspecified atom stereocenters. The minimum Gasteiger partial charge on any atom is -0.385 e. The molecule has 0 radical (unpaired) electrons. The number of aryl methyl sites for hydroxylation is 1. The average Bonchev–Trinajstić information content (AvgIpc) is 3.38. The van der Waals surface area contributed by atoms with E-state index in [-0.39, 0.29) is 12.1 Å². The number of thiocarbonyl (C=S) groups is 1. The summed E-state index contributed by atoms with van der Waals surface area (Å²) in [4.78, 5) is 7.06. The highest BCUT2D eigenvalue weighted by molar-refractivity contribution is 7.80. The van der Waals surface area contributed by atoms with Gasteiger partial charge in [-0.05, 0) is 73.9 Å². The van der Waals surface area contributed by atoms with E-state index < -0.39 is 0 Å². The number of hydrogen-bond donors (Lipinski definition) is 2. The Morgan fingerprint density at radius 3 is 2.39 bits per heavy atom. The van der Waals surface area contributed by atoms with Crippen LogP contribution in [0, 0.1) is 13.8 Å². The van der Waals surface area contributed by atoms with E-state index in [9.17, 15) is 0 Å². The molecule has 1 aliphatic heterocycles. The van der Waals surface area contributed by atoms with E-state index in [4.69, 9.17) is 17.2 Å². The standard InChI is InChI=1S/C30H33N5S/c1-22-20-26(23(2)35(22)21-24-12-5-3-6-13-24)29-28(27-16-9-10-17-32-27)33-30(36)34(29)19-11-18-31-25-14-7-4-8-15-25/h3-10,12-17,20,28-29,31H,11,18-19,21H2,1-2H3,(H,33,36)/t28-,29-/m0/s1. The van der Waals surface area contributed by atoms with Gasteiger partial charge in [-0.3, -0.25) is 4.98 Å². The zero-order chi connectivity index (χ0) is 24.9. The molecule has 0 saturated carbocycles. The fourth-order valence-electron chi connectivity index (χ4n) is 5.16. The first-order valence-corrected chi connectivity index (χ1v) is 13.0. The van der Waals surface area contributed by atoms with Crippen molar-refractivity contribution in [1.29, 1.82) is 0 Å². The number of para-hydroxylation sites is 1. The third-order valence-corrected chi connectivity index (χ3v) is 7.34. The van der Waals surface area contributed by atoms with Gasteiger partial charge in [0, 0.05) is 42.9 Å². The lowest BCUT2D eigenvalue weighted by Crippen LogP contribution is -2.31. The van der Waals surface area contributed by atoms with Crippen LogP contribution < -0.4 is 10.6 Å². The van der Waals surface area contributed by atoms with Crippen molar-refractivity contribution >= 4 is 23.0 Å². The van der Waals surface area contributed by atoms with Crippen LogP contribution in [0.2, 0.25) is 0 Å². The van der Waals surface area contributed by atoms with E-state index in [0.29, 0.717) is 0 Å². The zero-order valence-corrected chi connectivity index (χ0v) is 21.7. The molecule has 0 spiro atoms. The Labute approximate surface area is 219 Å². The minimum absolute atomic E-state index is 0.00598. The normalized spacial score (nSPS) is 17.3. The van der Waals surface area contributed by atoms with E-state index in [1.165, 1.54) is 22.5 Å². The second-order valence-corrected chi connectivity index (χ2v) is 9.75. The number of rotatable bonds is 9. The van der Waals surface area contributed by atoms with Gasteiger partial charge in [-0.15, -0.1) is 0 Å². The molecule has 1 fully saturated rings. The number of pyridine rings is 1. The summed E-state index contributed by atoms with van der Waals surface area (Å²) in [5.74, 6) is 0. The first-order valence-electron chi connectivity index (χ1n) is 12.6. The zero-order valence-electron chi connectivity index (χ0n) is 20.9. The number of nitrogens with one attached hydrogen (secondary N) is 2. The summed E-state index contributed by atoms with van der Waals surface area (Å²) in [7, 11) is 0. The Balaban J connectivity index is 1.41. The van der Waals surface area contributed by atoms with Crippen molar-refractivity contribution in [2.45, 2.75) is 38.9 Å². The Morgan fingerprint density at radius 2 is 1.67 bits per heavy atom. The van der Waals surface area contributed by atoms with Crippen molar-refractivity contribution in [3.8, 4) is 0 Å². The van der Waals surface area contributed by atoms with Crippen molar-refractivity contribution in [2.75, 3.05) is 18.4 Å². The summed E-state index contributed by atoms with van der Waals surface area (Å²) in [6.45, 7) is 7.04. The smallest absolute Gasteiger partial charge is 0.170 e. The molecule has 3 heterocycles. The minimum atomic E-state index is 0.00598. The number of hydrogen-bond acceptors (Lipinski definition) is 3. The second-order valence-electron chi connectivity index (χ2n) is 9.36.